The summed E-state index contributed by atoms with van der Waals surface area (Å²) >= 11 is 0. The van der Waals surface area contributed by atoms with Gasteiger partial charge in [-0.2, -0.15) is 0 Å². The lowest BCUT2D eigenvalue weighted by molar-refractivity contribution is -0.137. The van der Waals surface area contributed by atoms with E-state index in [1.54, 1.807) is 89.8 Å². The van der Waals surface area contributed by atoms with Crippen molar-refractivity contribution in [2.24, 2.45) is 0 Å². The van der Waals surface area contributed by atoms with Crippen LogP contribution >= 0.6 is 0 Å². The van der Waals surface area contributed by atoms with Gasteiger partial charge in [0.1, 0.15) is 17.6 Å². The lowest BCUT2D eigenvalue weighted by Crippen LogP contribution is -2.32. The van der Waals surface area contributed by atoms with Crippen LogP contribution < -0.4 is 15.0 Å². The van der Waals surface area contributed by atoms with Gasteiger partial charge in [-0.3, -0.25) is 9.59 Å². The highest BCUT2D eigenvalue weighted by Gasteiger charge is 2.21. The van der Waals surface area contributed by atoms with Crippen LogP contribution in [0.1, 0.15) is 47.7 Å². The average Bonchev–Trinajstić information content (AvgIpc) is 3.02. The van der Waals surface area contributed by atoms with Gasteiger partial charge < -0.3 is 20.1 Å². The Morgan fingerprint density at radius 3 is 2.33 bits per heavy atom. The van der Waals surface area contributed by atoms with Crippen LogP contribution in [0.5, 0.6) is 5.75 Å². The second kappa shape index (κ2) is 15.3. The Hall–Kier alpha value is -4.98. The van der Waals surface area contributed by atoms with Gasteiger partial charge in [0.25, 0.3) is 0 Å². The summed E-state index contributed by atoms with van der Waals surface area (Å²) in [6, 6.07) is 27.9. The lowest BCUT2D eigenvalue weighted by atomic mass is 10.00. The third-order valence-corrected chi connectivity index (χ3v) is 6.88. The number of amides is 1. The molecule has 0 fully saturated rings. The summed E-state index contributed by atoms with van der Waals surface area (Å²) in [6.07, 6.45) is 1.80. The van der Waals surface area contributed by atoms with E-state index in [-0.39, 0.29) is 18.1 Å². The number of rotatable bonds is 15. The number of halogens is 1. The predicted molar refractivity (Wildman–Crippen MR) is 165 cm³/mol. The molecule has 1 unspecified atom stereocenters. The Morgan fingerprint density at radius 2 is 1.63 bits per heavy atom. The maximum absolute atomic E-state index is 13.8. The van der Waals surface area contributed by atoms with Crippen molar-refractivity contribution < 1.29 is 28.6 Å². The molecule has 0 saturated heterocycles. The van der Waals surface area contributed by atoms with Gasteiger partial charge in [0.15, 0.2) is 5.78 Å². The zero-order valence-corrected chi connectivity index (χ0v) is 24.0. The van der Waals surface area contributed by atoms with E-state index >= 15 is 0 Å². The molecule has 43 heavy (non-hydrogen) atoms. The van der Waals surface area contributed by atoms with E-state index in [0.717, 1.165) is 5.56 Å². The number of carboxylic acid groups (broad SMARTS) is 1. The van der Waals surface area contributed by atoms with Crippen molar-refractivity contribution in [2.45, 2.75) is 38.6 Å². The first kappa shape index (κ1) is 31.0. The Bertz CT molecular complexity index is 1530. The molecule has 0 aliphatic carbocycles. The summed E-state index contributed by atoms with van der Waals surface area (Å²) in [4.78, 5) is 39.4. The van der Waals surface area contributed by atoms with E-state index in [4.69, 9.17) is 4.74 Å². The molecule has 7 nitrogen and oxygen atoms in total. The number of nitrogens with one attached hydrogen (secondary N) is 1. The van der Waals surface area contributed by atoms with Crippen molar-refractivity contribution in [3.8, 4) is 5.75 Å². The minimum Gasteiger partial charge on any atom is -0.494 e. The van der Waals surface area contributed by atoms with E-state index in [2.05, 4.69) is 5.32 Å². The van der Waals surface area contributed by atoms with E-state index in [1.807, 2.05) is 13.0 Å². The van der Waals surface area contributed by atoms with Gasteiger partial charge in [-0.1, -0.05) is 67.6 Å². The smallest absolute Gasteiger partial charge is 0.326 e. The molecule has 2 N–H and O–H groups in total. The maximum atomic E-state index is 13.8. The Morgan fingerprint density at radius 1 is 0.907 bits per heavy atom. The molecule has 0 saturated carbocycles. The van der Waals surface area contributed by atoms with Crippen LogP contribution in [0.25, 0.3) is 0 Å². The van der Waals surface area contributed by atoms with E-state index in [9.17, 15) is 23.9 Å². The second-order valence-corrected chi connectivity index (χ2v) is 10.1. The number of nitrogens with zero attached hydrogens (tertiary/aromatic N) is 1. The summed E-state index contributed by atoms with van der Waals surface area (Å²) in [6.45, 7) is 2.66. The Kier molecular flexibility index (Phi) is 11.0. The first-order valence-electron chi connectivity index (χ1n) is 14.3. The highest BCUT2D eigenvalue weighted by molar-refractivity contribution is 6.12. The summed E-state index contributed by atoms with van der Waals surface area (Å²) in [5, 5.41) is 13.0. The highest BCUT2D eigenvalue weighted by Crippen LogP contribution is 2.22. The van der Waals surface area contributed by atoms with Crippen LogP contribution in [0.3, 0.4) is 0 Å². The molecule has 1 atom stereocenters. The number of para-hydroxylation sites is 1. The normalized spacial score (nSPS) is 11.4. The van der Waals surface area contributed by atoms with Crippen molar-refractivity contribution in [3.05, 3.63) is 126 Å². The fourth-order valence-electron chi connectivity index (χ4n) is 4.70. The van der Waals surface area contributed by atoms with Gasteiger partial charge in [0.05, 0.1) is 6.61 Å². The molecule has 0 radical (unpaired) electrons. The molecular formula is C35H35FN2O5. The maximum Gasteiger partial charge on any atom is 0.326 e. The fraction of sp³-hybridized carbons (Fsp3) is 0.229. The SMILES string of the molecule is CCCC(=O)N(CCCOc1ccc(CC(Nc2ccccc2C(=O)c2ccccc2)C(=O)O)cc1)c1cccc(F)c1. The molecular weight excluding hydrogens is 547 g/mol. The van der Waals surface area contributed by atoms with Gasteiger partial charge in [0.2, 0.25) is 5.91 Å². The lowest BCUT2D eigenvalue weighted by Gasteiger charge is -2.23. The molecule has 0 aliphatic rings. The van der Waals surface area contributed by atoms with Crippen LogP contribution in [0.2, 0.25) is 0 Å². The van der Waals surface area contributed by atoms with Crippen LogP contribution in [-0.2, 0) is 16.0 Å². The van der Waals surface area contributed by atoms with Gasteiger partial charge in [-0.25, -0.2) is 9.18 Å². The van der Waals surface area contributed by atoms with Crippen molar-refractivity contribution >= 4 is 29.0 Å². The molecule has 1 amide bonds. The average molecular weight is 583 g/mol. The summed E-state index contributed by atoms with van der Waals surface area (Å²) in [5.41, 5.74) is 2.68. The van der Waals surface area contributed by atoms with Gasteiger partial charge in [0, 0.05) is 41.9 Å². The number of ketones is 1. The molecule has 0 heterocycles. The third kappa shape index (κ3) is 8.75. The van der Waals surface area contributed by atoms with Crippen LogP contribution in [0.15, 0.2) is 103 Å². The molecule has 222 valence electrons. The van der Waals surface area contributed by atoms with Crippen molar-refractivity contribution in [1.82, 2.24) is 0 Å². The zero-order chi connectivity index (χ0) is 30.6. The topological polar surface area (TPSA) is 95.9 Å². The zero-order valence-electron chi connectivity index (χ0n) is 24.0. The number of carbonyl (C=O) groups is 3. The molecule has 0 bridgehead atoms. The monoisotopic (exact) mass is 582 g/mol. The first-order valence-corrected chi connectivity index (χ1v) is 14.3. The number of carbonyl (C=O) groups excluding carboxylic acids is 2. The van der Waals surface area contributed by atoms with E-state index in [1.165, 1.54) is 12.1 Å². The molecule has 0 spiro atoms. The minimum absolute atomic E-state index is 0.0638. The van der Waals surface area contributed by atoms with Gasteiger partial charge >= 0.3 is 5.97 Å². The largest absolute Gasteiger partial charge is 0.494 e. The summed E-state index contributed by atoms with van der Waals surface area (Å²) in [7, 11) is 0. The predicted octanol–water partition coefficient (Wildman–Crippen LogP) is 6.77. The number of hydrogen-bond acceptors (Lipinski definition) is 5. The number of ether oxygens (including phenoxy) is 1. The van der Waals surface area contributed by atoms with E-state index in [0.29, 0.717) is 60.7 Å². The molecule has 4 aromatic rings. The first-order chi connectivity index (χ1) is 20.9. The molecule has 8 heteroatoms. The number of hydrogen-bond donors (Lipinski definition) is 2. The van der Waals surface area contributed by atoms with Crippen molar-refractivity contribution in [2.75, 3.05) is 23.4 Å². The standard InChI is InChI=1S/C35H35FN2O5/c1-2-10-33(39)38(28-14-8-13-27(36)24-28)21-9-22-43-29-19-17-25(18-20-29)23-32(35(41)42)37-31-16-7-6-15-30(31)34(40)26-11-4-3-5-12-26/h3-8,11-20,24,32,37H,2,9-10,21-23H2,1H3,(H,41,42). The highest BCUT2D eigenvalue weighted by atomic mass is 19.1. The van der Waals surface area contributed by atoms with E-state index < -0.39 is 17.8 Å². The third-order valence-electron chi connectivity index (χ3n) is 6.88. The van der Waals surface area contributed by atoms with Gasteiger partial charge in [-0.15, -0.1) is 0 Å². The number of carboxylic acids is 1. The number of anilines is 2. The minimum atomic E-state index is -1.04. The summed E-state index contributed by atoms with van der Waals surface area (Å²) < 4.78 is 19.6. The molecule has 0 aliphatic heterocycles. The van der Waals surface area contributed by atoms with Crippen LogP contribution in [-0.4, -0.2) is 42.0 Å². The van der Waals surface area contributed by atoms with Gasteiger partial charge in [-0.05, 0) is 60.9 Å². The van der Waals surface area contributed by atoms with Crippen molar-refractivity contribution in [3.63, 3.8) is 0 Å². The van der Waals surface area contributed by atoms with Crippen LogP contribution in [0, 0.1) is 5.82 Å². The van der Waals surface area contributed by atoms with Crippen molar-refractivity contribution in [1.29, 1.82) is 0 Å². The molecule has 4 rings (SSSR count). The van der Waals surface area contributed by atoms with Crippen LogP contribution in [0.4, 0.5) is 15.8 Å². The number of aliphatic carboxylic acids is 1. The fourth-order valence-corrected chi connectivity index (χ4v) is 4.70. The number of benzene rings is 4. The molecule has 4 aromatic carbocycles. The molecule has 0 aromatic heterocycles. The summed E-state index contributed by atoms with van der Waals surface area (Å²) in [5.74, 6) is -1.08. The Labute approximate surface area is 250 Å². The second-order valence-electron chi connectivity index (χ2n) is 10.1. The Balaban J connectivity index is 1.34. The quantitative estimate of drug-likeness (QED) is 0.119.